The maximum Gasteiger partial charge on any atom is 0.318 e. The molecule has 1 atom stereocenters. The first-order valence-corrected chi connectivity index (χ1v) is 8.64. The Labute approximate surface area is 148 Å². The molecule has 0 heterocycles. The van der Waals surface area contributed by atoms with Crippen LogP contribution in [0.5, 0.6) is 0 Å². The van der Waals surface area contributed by atoms with Gasteiger partial charge < -0.3 is 15.6 Å². The number of carboxylic acid groups (broad SMARTS) is 1. The third kappa shape index (κ3) is 4.84. The Morgan fingerprint density at radius 1 is 1.08 bits per heavy atom. The molecule has 0 aliphatic carbocycles. The molecule has 0 bridgehead atoms. The summed E-state index contributed by atoms with van der Waals surface area (Å²) in [4.78, 5) is 22.5. The molecule has 0 radical (unpaired) electrons. The molecule has 5 N–H and O–H groups in total. The summed E-state index contributed by atoms with van der Waals surface area (Å²) in [6.45, 7) is -0.757. The van der Waals surface area contributed by atoms with Gasteiger partial charge in [0, 0.05) is 11.8 Å². The number of rotatable bonds is 7. The van der Waals surface area contributed by atoms with Crippen LogP contribution in [-0.2, 0) is 14.8 Å². The SMILES string of the molecule is O=C(O)CNS(=O)(=O)c1ccc(NC(=O)c2ccccc2[NH+]([O-])O)cc1. The Morgan fingerprint density at radius 3 is 2.27 bits per heavy atom. The van der Waals surface area contributed by atoms with E-state index in [9.17, 15) is 23.2 Å². The zero-order valence-corrected chi connectivity index (χ0v) is 14.0. The molecule has 138 valence electrons. The number of hydrogen-bond acceptors (Lipinski definition) is 6. The summed E-state index contributed by atoms with van der Waals surface area (Å²) in [5.41, 5.74) is 0.0364. The predicted octanol–water partition coefficient (Wildman–Crippen LogP) is -0.295. The first kappa shape index (κ1) is 19.5. The predicted molar refractivity (Wildman–Crippen MR) is 89.4 cm³/mol. The van der Waals surface area contributed by atoms with Crippen LogP contribution in [-0.4, -0.2) is 37.2 Å². The topological polar surface area (TPSA) is 160 Å². The second-order valence-electron chi connectivity index (χ2n) is 5.05. The van der Waals surface area contributed by atoms with Crippen LogP contribution in [0.3, 0.4) is 0 Å². The lowest BCUT2D eigenvalue weighted by atomic mass is 10.1. The molecule has 0 aromatic heterocycles. The number of carboxylic acids is 1. The van der Waals surface area contributed by atoms with E-state index < -0.39 is 33.7 Å². The van der Waals surface area contributed by atoms with Gasteiger partial charge in [-0.1, -0.05) is 12.1 Å². The van der Waals surface area contributed by atoms with E-state index in [1.165, 1.54) is 48.5 Å². The van der Waals surface area contributed by atoms with Crippen LogP contribution in [0.15, 0.2) is 53.4 Å². The molecule has 1 amide bonds. The number of carbonyl (C=O) groups is 2. The van der Waals surface area contributed by atoms with Crippen molar-refractivity contribution in [3.05, 3.63) is 59.3 Å². The zero-order valence-electron chi connectivity index (χ0n) is 13.2. The summed E-state index contributed by atoms with van der Waals surface area (Å²) < 4.78 is 25.7. The Balaban J connectivity index is 2.15. The number of aliphatic carboxylic acids is 1. The highest BCUT2D eigenvalue weighted by molar-refractivity contribution is 7.89. The molecule has 11 heteroatoms. The molecule has 0 saturated heterocycles. The molecule has 0 spiro atoms. The highest BCUT2D eigenvalue weighted by Crippen LogP contribution is 2.17. The lowest BCUT2D eigenvalue weighted by Crippen LogP contribution is -2.99. The second-order valence-corrected chi connectivity index (χ2v) is 6.81. The molecule has 2 aromatic rings. The van der Waals surface area contributed by atoms with E-state index in [0.29, 0.717) is 0 Å². The van der Waals surface area contributed by atoms with E-state index in [1.54, 1.807) is 0 Å². The van der Waals surface area contributed by atoms with Gasteiger partial charge >= 0.3 is 5.97 Å². The molecule has 2 rings (SSSR count). The van der Waals surface area contributed by atoms with E-state index in [2.05, 4.69) is 5.32 Å². The highest BCUT2D eigenvalue weighted by atomic mass is 32.2. The van der Waals surface area contributed by atoms with Crippen LogP contribution in [0, 0.1) is 5.21 Å². The molecule has 0 saturated carbocycles. The number of amides is 1. The van der Waals surface area contributed by atoms with Gasteiger partial charge in [-0.05, 0) is 30.3 Å². The standard InChI is InChI=1S/C15H15N3O7S/c19-14(20)9-16-26(24,25)11-7-5-10(6-8-11)17-15(21)12-3-1-2-4-13(12)18(22)23/h1-8,16,18,22H,9H2,(H,17,21)(H,19,20). The number of nitrogens with one attached hydrogen (secondary N) is 3. The number of benzene rings is 2. The summed E-state index contributed by atoms with van der Waals surface area (Å²) in [6.07, 6.45) is 0. The minimum absolute atomic E-state index is 0.0418. The molecule has 1 unspecified atom stereocenters. The van der Waals surface area contributed by atoms with Crippen molar-refractivity contribution in [3.63, 3.8) is 0 Å². The summed E-state index contributed by atoms with van der Waals surface area (Å²) in [5, 5.41) is 30.0. The average Bonchev–Trinajstić information content (AvgIpc) is 2.60. The molecule has 0 aliphatic rings. The van der Waals surface area contributed by atoms with Gasteiger partial charge in [0.25, 0.3) is 5.91 Å². The number of anilines is 1. The van der Waals surface area contributed by atoms with Crippen molar-refractivity contribution in [1.82, 2.24) is 4.72 Å². The van der Waals surface area contributed by atoms with Crippen molar-refractivity contribution in [2.75, 3.05) is 11.9 Å². The Hall–Kier alpha value is -2.83. The van der Waals surface area contributed by atoms with Gasteiger partial charge in [-0.2, -0.15) is 9.95 Å². The van der Waals surface area contributed by atoms with Crippen LogP contribution in [0.1, 0.15) is 10.4 Å². The van der Waals surface area contributed by atoms with Crippen molar-refractivity contribution in [2.45, 2.75) is 4.90 Å². The molecule has 0 fully saturated rings. The van der Waals surface area contributed by atoms with Gasteiger partial charge in [-0.3, -0.25) is 9.59 Å². The maximum atomic E-state index is 12.2. The first-order chi connectivity index (χ1) is 12.2. The minimum atomic E-state index is -3.99. The van der Waals surface area contributed by atoms with E-state index in [0.717, 1.165) is 0 Å². The lowest BCUT2D eigenvalue weighted by molar-refractivity contribution is -0.991. The summed E-state index contributed by atoms with van der Waals surface area (Å²) in [6, 6.07) is 10.6. The number of hydrogen-bond donors (Lipinski definition) is 5. The molecule has 10 nitrogen and oxygen atoms in total. The van der Waals surface area contributed by atoms with Crippen molar-refractivity contribution < 1.29 is 33.5 Å². The smallest absolute Gasteiger partial charge is 0.318 e. The normalized spacial score (nSPS) is 12.4. The van der Waals surface area contributed by atoms with Gasteiger partial charge in [-0.15, -0.1) is 0 Å². The van der Waals surface area contributed by atoms with Crippen LogP contribution in [0.25, 0.3) is 0 Å². The van der Waals surface area contributed by atoms with E-state index in [4.69, 9.17) is 10.3 Å². The molecular formula is C15H15N3O7S. The number of para-hydroxylation sites is 1. The fourth-order valence-electron chi connectivity index (χ4n) is 2.02. The minimum Gasteiger partial charge on any atom is -0.595 e. The lowest BCUT2D eigenvalue weighted by Gasteiger charge is -2.15. The van der Waals surface area contributed by atoms with Gasteiger partial charge in [0.15, 0.2) is 5.69 Å². The number of carbonyl (C=O) groups excluding carboxylic acids is 1. The van der Waals surface area contributed by atoms with Crippen molar-refractivity contribution in [1.29, 1.82) is 0 Å². The Morgan fingerprint density at radius 2 is 1.69 bits per heavy atom. The largest absolute Gasteiger partial charge is 0.595 e. The zero-order chi connectivity index (χ0) is 19.3. The fraction of sp³-hybridized carbons (Fsp3) is 0.0667. The van der Waals surface area contributed by atoms with Crippen LogP contribution >= 0.6 is 0 Å². The van der Waals surface area contributed by atoms with Crippen LogP contribution < -0.4 is 15.3 Å². The second kappa shape index (κ2) is 8.03. The van der Waals surface area contributed by atoms with E-state index in [1.807, 2.05) is 4.72 Å². The average molecular weight is 381 g/mol. The summed E-state index contributed by atoms with van der Waals surface area (Å²) >= 11 is 0. The first-order valence-electron chi connectivity index (χ1n) is 7.16. The third-order valence-electron chi connectivity index (χ3n) is 3.24. The monoisotopic (exact) mass is 381 g/mol. The van der Waals surface area contributed by atoms with E-state index >= 15 is 0 Å². The summed E-state index contributed by atoms with van der Waals surface area (Å²) in [7, 11) is -3.99. The van der Waals surface area contributed by atoms with Crippen LogP contribution in [0.4, 0.5) is 11.4 Å². The molecule has 2 aromatic carbocycles. The van der Waals surface area contributed by atoms with Crippen molar-refractivity contribution in [3.8, 4) is 0 Å². The molecular weight excluding hydrogens is 366 g/mol. The van der Waals surface area contributed by atoms with Gasteiger partial charge in [-0.25, -0.2) is 13.6 Å². The van der Waals surface area contributed by atoms with Crippen molar-refractivity contribution >= 4 is 33.3 Å². The van der Waals surface area contributed by atoms with E-state index in [-0.39, 0.29) is 21.8 Å². The number of sulfonamides is 1. The number of quaternary nitrogens is 1. The van der Waals surface area contributed by atoms with Crippen molar-refractivity contribution in [2.24, 2.45) is 0 Å². The highest BCUT2D eigenvalue weighted by Gasteiger charge is 2.17. The van der Waals surface area contributed by atoms with Gasteiger partial charge in [0.1, 0.15) is 12.1 Å². The maximum absolute atomic E-state index is 12.2. The van der Waals surface area contributed by atoms with Gasteiger partial charge in [0.05, 0.1) is 4.90 Å². The van der Waals surface area contributed by atoms with Gasteiger partial charge in [0.2, 0.25) is 10.0 Å². The Bertz CT molecular complexity index is 911. The van der Waals surface area contributed by atoms with Crippen LogP contribution in [0.2, 0.25) is 0 Å². The Kier molecular flexibility index (Phi) is 6.02. The summed E-state index contributed by atoms with van der Waals surface area (Å²) in [5.74, 6) is -1.99. The quantitative estimate of drug-likeness (QED) is 0.412. The fourth-order valence-corrected chi connectivity index (χ4v) is 3.00. The molecule has 26 heavy (non-hydrogen) atoms. The molecule has 0 aliphatic heterocycles. The third-order valence-corrected chi connectivity index (χ3v) is 4.66.